The van der Waals surface area contributed by atoms with Crippen molar-refractivity contribution in [1.29, 1.82) is 0 Å². The Morgan fingerprint density at radius 1 is 1.40 bits per heavy atom. The Labute approximate surface area is 97.9 Å². The van der Waals surface area contributed by atoms with E-state index in [-0.39, 0.29) is 0 Å². The molecule has 0 radical (unpaired) electrons. The van der Waals surface area contributed by atoms with Gasteiger partial charge in [0.15, 0.2) is 5.38 Å². The zero-order valence-electron chi connectivity index (χ0n) is 8.29. The quantitative estimate of drug-likeness (QED) is 0.610. The molecule has 1 aromatic rings. The SMILES string of the molecule is COC(=O)C(Cl)c1ccc(OC)c(Cl)c1. The average Bonchev–Trinajstić information content (AvgIpc) is 2.26. The molecule has 1 aromatic carbocycles. The molecule has 0 saturated heterocycles. The summed E-state index contributed by atoms with van der Waals surface area (Å²) < 4.78 is 9.49. The molecule has 0 heterocycles. The number of benzene rings is 1. The maximum Gasteiger partial charge on any atom is 0.328 e. The van der Waals surface area contributed by atoms with Gasteiger partial charge in [-0.25, -0.2) is 0 Å². The molecule has 0 spiro atoms. The van der Waals surface area contributed by atoms with Crippen molar-refractivity contribution in [1.82, 2.24) is 0 Å². The summed E-state index contributed by atoms with van der Waals surface area (Å²) in [4.78, 5) is 11.1. The van der Waals surface area contributed by atoms with E-state index in [1.54, 1.807) is 18.2 Å². The van der Waals surface area contributed by atoms with E-state index >= 15 is 0 Å². The molecule has 0 fully saturated rings. The Hall–Kier alpha value is -0.930. The highest BCUT2D eigenvalue weighted by atomic mass is 35.5. The van der Waals surface area contributed by atoms with Crippen LogP contribution in [0.4, 0.5) is 0 Å². The van der Waals surface area contributed by atoms with E-state index in [0.29, 0.717) is 16.3 Å². The number of alkyl halides is 1. The topological polar surface area (TPSA) is 35.5 Å². The van der Waals surface area contributed by atoms with E-state index in [0.717, 1.165) is 0 Å². The molecule has 3 nitrogen and oxygen atoms in total. The van der Waals surface area contributed by atoms with Gasteiger partial charge < -0.3 is 9.47 Å². The molecular formula is C10H10Cl2O3. The Morgan fingerprint density at radius 2 is 2.07 bits per heavy atom. The van der Waals surface area contributed by atoms with Crippen LogP contribution in [0, 0.1) is 0 Å². The zero-order valence-corrected chi connectivity index (χ0v) is 9.80. The lowest BCUT2D eigenvalue weighted by atomic mass is 10.1. The number of esters is 1. The molecular weight excluding hydrogens is 239 g/mol. The highest BCUT2D eigenvalue weighted by Crippen LogP contribution is 2.30. The fourth-order valence-electron chi connectivity index (χ4n) is 1.08. The third kappa shape index (κ3) is 2.76. The minimum atomic E-state index is -0.849. The smallest absolute Gasteiger partial charge is 0.328 e. The van der Waals surface area contributed by atoms with Gasteiger partial charge in [-0.15, -0.1) is 11.6 Å². The Balaban J connectivity index is 2.97. The maximum absolute atomic E-state index is 11.1. The van der Waals surface area contributed by atoms with Gasteiger partial charge >= 0.3 is 5.97 Å². The van der Waals surface area contributed by atoms with Gasteiger partial charge in [-0.1, -0.05) is 17.7 Å². The number of hydrogen-bond acceptors (Lipinski definition) is 3. The first-order valence-corrected chi connectivity index (χ1v) is 4.97. The summed E-state index contributed by atoms with van der Waals surface area (Å²) in [5.74, 6) is 0.0204. The molecule has 1 unspecified atom stereocenters. The normalized spacial score (nSPS) is 12.0. The van der Waals surface area contributed by atoms with E-state index in [2.05, 4.69) is 4.74 Å². The minimum absolute atomic E-state index is 0.407. The van der Waals surface area contributed by atoms with Crippen LogP contribution in [0.15, 0.2) is 18.2 Å². The number of hydrogen-bond donors (Lipinski definition) is 0. The lowest BCUT2D eigenvalue weighted by molar-refractivity contribution is -0.140. The standard InChI is InChI=1S/C10H10Cl2O3/c1-14-8-4-3-6(5-7(8)11)9(12)10(13)15-2/h3-5,9H,1-2H3. The third-order valence-corrected chi connectivity index (χ3v) is 2.60. The van der Waals surface area contributed by atoms with Gasteiger partial charge in [0.1, 0.15) is 5.75 Å². The predicted molar refractivity (Wildman–Crippen MR) is 58.6 cm³/mol. The lowest BCUT2D eigenvalue weighted by Gasteiger charge is -2.09. The Morgan fingerprint density at radius 3 is 2.53 bits per heavy atom. The first-order valence-electron chi connectivity index (χ1n) is 4.15. The van der Waals surface area contributed by atoms with Crippen molar-refractivity contribution < 1.29 is 14.3 Å². The second-order valence-electron chi connectivity index (χ2n) is 2.78. The molecule has 82 valence electrons. The van der Waals surface area contributed by atoms with E-state index in [9.17, 15) is 4.79 Å². The number of methoxy groups -OCH3 is 2. The van der Waals surface area contributed by atoms with Crippen LogP contribution in [-0.2, 0) is 9.53 Å². The first-order chi connectivity index (χ1) is 7.10. The van der Waals surface area contributed by atoms with Crippen LogP contribution >= 0.6 is 23.2 Å². The van der Waals surface area contributed by atoms with Crippen molar-refractivity contribution >= 4 is 29.2 Å². The van der Waals surface area contributed by atoms with Gasteiger partial charge in [0, 0.05) is 0 Å². The summed E-state index contributed by atoms with van der Waals surface area (Å²) in [7, 11) is 2.79. The molecule has 0 bridgehead atoms. The average molecular weight is 249 g/mol. The second-order valence-corrected chi connectivity index (χ2v) is 3.62. The number of ether oxygens (including phenoxy) is 2. The van der Waals surface area contributed by atoms with E-state index in [1.807, 2.05) is 0 Å². The molecule has 0 N–H and O–H groups in total. The molecule has 1 rings (SSSR count). The number of rotatable bonds is 3. The maximum atomic E-state index is 11.1. The van der Waals surface area contributed by atoms with Gasteiger partial charge in [0.05, 0.1) is 19.2 Å². The largest absolute Gasteiger partial charge is 0.495 e. The highest BCUT2D eigenvalue weighted by molar-refractivity contribution is 6.33. The molecule has 0 aliphatic heterocycles. The molecule has 5 heteroatoms. The van der Waals surface area contributed by atoms with Crippen LogP contribution in [0.25, 0.3) is 0 Å². The zero-order chi connectivity index (χ0) is 11.4. The number of halogens is 2. The fraction of sp³-hybridized carbons (Fsp3) is 0.300. The summed E-state index contributed by atoms with van der Waals surface area (Å²) in [5, 5.41) is -0.442. The van der Waals surface area contributed by atoms with Gasteiger partial charge in [-0.2, -0.15) is 0 Å². The second kappa shape index (κ2) is 5.24. The van der Waals surface area contributed by atoms with Gasteiger partial charge in [-0.3, -0.25) is 4.79 Å². The van der Waals surface area contributed by atoms with Crippen LogP contribution < -0.4 is 4.74 Å². The fourth-order valence-corrected chi connectivity index (χ4v) is 1.57. The molecule has 0 aromatic heterocycles. The minimum Gasteiger partial charge on any atom is -0.495 e. The molecule has 0 aliphatic carbocycles. The van der Waals surface area contributed by atoms with Gasteiger partial charge in [-0.05, 0) is 17.7 Å². The van der Waals surface area contributed by atoms with Crippen molar-refractivity contribution in [2.45, 2.75) is 5.38 Å². The van der Waals surface area contributed by atoms with Gasteiger partial charge in [0.25, 0.3) is 0 Å². The predicted octanol–water partition coefficient (Wildman–Crippen LogP) is 2.80. The summed E-state index contributed by atoms with van der Waals surface area (Å²) in [6.07, 6.45) is 0. The first kappa shape index (κ1) is 12.1. The number of carbonyl (C=O) groups is 1. The monoisotopic (exact) mass is 248 g/mol. The molecule has 1 atom stereocenters. The molecule has 15 heavy (non-hydrogen) atoms. The van der Waals surface area contributed by atoms with Crippen LogP contribution in [0.2, 0.25) is 5.02 Å². The summed E-state index contributed by atoms with van der Waals surface area (Å²) in [6.45, 7) is 0. The Kier molecular flexibility index (Phi) is 4.24. The van der Waals surface area contributed by atoms with E-state index < -0.39 is 11.3 Å². The van der Waals surface area contributed by atoms with Crippen LogP contribution in [0.5, 0.6) is 5.75 Å². The van der Waals surface area contributed by atoms with Crippen LogP contribution in [0.3, 0.4) is 0 Å². The summed E-state index contributed by atoms with van der Waals surface area (Å²) >= 11 is 11.7. The molecule has 0 aliphatic rings. The van der Waals surface area contributed by atoms with Crippen molar-refractivity contribution in [3.05, 3.63) is 28.8 Å². The third-order valence-electron chi connectivity index (χ3n) is 1.88. The summed E-state index contributed by atoms with van der Waals surface area (Å²) in [5.41, 5.74) is 0.578. The molecule has 0 saturated carbocycles. The van der Waals surface area contributed by atoms with Gasteiger partial charge in [0.2, 0.25) is 0 Å². The lowest BCUT2D eigenvalue weighted by Crippen LogP contribution is -2.08. The van der Waals surface area contributed by atoms with Crippen molar-refractivity contribution in [3.63, 3.8) is 0 Å². The van der Waals surface area contributed by atoms with Crippen molar-refractivity contribution in [3.8, 4) is 5.75 Å². The van der Waals surface area contributed by atoms with Crippen molar-refractivity contribution in [2.75, 3.05) is 14.2 Å². The number of carbonyl (C=O) groups excluding carboxylic acids is 1. The Bertz CT molecular complexity index is 366. The van der Waals surface area contributed by atoms with Crippen LogP contribution in [0.1, 0.15) is 10.9 Å². The van der Waals surface area contributed by atoms with Crippen LogP contribution in [-0.4, -0.2) is 20.2 Å². The summed E-state index contributed by atoms with van der Waals surface area (Å²) in [6, 6.07) is 4.89. The van der Waals surface area contributed by atoms with E-state index in [4.69, 9.17) is 27.9 Å². The van der Waals surface area contributed by atoms with Crippen molar-refractivity contribution in [2.24, 2.45) is 0 Å². The highest BCUT2D eigenvalue weighted by Gasteiger charge is 2.19. The van der Waals surface area contributed by atoms with E-state index in [1.165, 1.54) is 14.2 Å². The molecule has 0 amide bonds.